The van der Waals surface area contributed by atoms with Crippen molar-refractivity contribution in [2.75, 3.05) is 0 Å². The third-order valence-electron chi connectivity index (χ3n) is 32.3. The van der Waals surface area contributed by atoms with E-state index in [1.165, 1.54) is 243 Å². The molecule has 0 unspecified atom stereocenters. The average Bonchev–Trinajstić information content (AvgIpc) is 1.49. The van der Waals surface area contributed by atoms with Crippen LogP contribution >= 0.6 is 0 Å². The topological polar surface area (TPSA) is 121 Å². The molecule has 12 heteroatoms. The van der Waals surface area contributed by atoms with E-state index in [0.717, 1.165) is 140 Å². The first kappa shape index (κ1) is 75.3. The molecule has 0 bridgehead atoms. The lowest BCUT2D eigenvalue weighted by atomic mass is 9.92. The molecule has 0 fully saturated rings. The zero-order valence-corrected chi connectivity index (χ0v) is 75.7. The molecule has 0 amide bonds. The Bertz CT molecular complexity index is 10700. The summed E-state index contributed by atoms with van der Waals surface area (Å²) in [5.41, 5.74) is 62.2. The highest BCUT2D eigenvalue weighted by molar-refractivity contribution is 6.24. The van der Waals surface area contributed by atoms with E-state index in [-0.39, 0.29) is 0 Å². The Kier molecular flexibility index (Phi) is 15.0. The van der Waals surface area contributed by atoms with Crippen molar-refractivity contribution in [3.63, 3.8) is 0 Å². The van der Waals surface area contributed by atoms with Crippen LogP contribution in [-0.2, 0) is 51.4 Å². The van der Waals surface area contributed by atoms with Crippen molar-refractivity contribution in [3.8, 4) is 89.0 Å². The summed E-state index contributed by atoms with van der Waals surface area (Å²) >= 11 is 0. The fourth-order valence-electron chi connectivity index (χ4n) is 26.4. The van der Waals surface area contributed by atoms with E-state index in [1.807, 2.05) is 49.6 Å². The molecule has 8 aliphatic carbocycles. The Morgan fingerprint density at radius 3 is 0.986 bits per heavy atom. The first-order chi connectivity index (χ1) is 69.4. The maximum absolute atomic E-state index is 5.19. The summed E-state index contributed by atoms with van der Waals surface area (Å²) in [6.07, 6.45) is 23.5. The van der Waals surface area contributed by atoms with Crippen LogP contribution in [0.2, 0.25) is 0 Å². The average molecular weight is 1780 g/mol. The smallest absolute Gasteiger partial charge is 0.147 e. The molecular formula is C128H76N12. The molecule has 0 N–H and O–H groups in total. The number of imidazole rings is 4. The summed E-state index contributed by atoms with van der Waals surface area (Å²) in [5.74, 6) is 0. The molecule has 16 aromatic carbocycles. The number of aromatic nitrogens is 12. The first-order valence-corrected chi connectivity index (χ1v) is 48.7. The van der Waals surface area contributed by atoms with Crippen molar-refractivity contribution in [1.29, 1.82) is 0 Å². The van der Waals surface area contributed by atoms with Crippen molar-refractivity contribution >= 4 is 153 Å². The Hall–Kier alpha value is -18.0. The summed E-state index contributed by atoms with van der Waals surface area (Å²) in [5, 5.41) is 14.8. The number of nitrogens with zero attached hydrogens (tertiary/aromatic N) is 12. The second-order valence-corrected chi connectivity index (χ2v) is 39.4. The summed E-state index contributed by atoms with van der Waals surface area (Å²) in [7, 11) is 0. The number of hydrogen-bond donors (Lipinski definition) is 0. The Balaban J connectivity index is 0.0000000829. The molecule has 12 nitrogen and oxygen atoms in total. The van der Waals surface area contributed by atoms with Gasteiger partial charge in [-0.3, -0.25) is 37.5 Å². The number of fused-ring (bicyclic) bond motifs is 60. The number of benzene rings is 16. The molecule has 12 heterocycles. The van der Waals surface area contributed by atoms with Crippen LogP contribution in [0.4, 0.5) is 0 Å². The van der Waals surface area contributed by atoms with E-state index >= 15 is 0 Å². The van der Waals surface area contributed by atoms with E-state index in [0.29, 0.717) is 0 Å². The third-order valence-corrected chi connectivity index (χ3v) is 32.3. The van der Waals surface area contributed by atoms with Crippen molar-refractivity contribution < 1.29 is 0 Å². The molecule has 0 atom stereocenters. The van der Waals surface area contributed by atoms with E-state index in [1.54, 1.807) is 0 Å². The SMILES string of the molecule is c1ccc2c(c1)Cc1cc3c(cc1-2)-c1cc2c(cc1C3)c1ccncc1n1c3ccccc3nc21.c1ccc2c(c1)Cc1cc3c(cc1-2)Cc1ccc2c4ccncc4n4c5ccccc5nc4c2c1-3.c1ccc2c(c1)Cc1ccc3c(c1-2)-c1cc2c(cc1C3)c1ccncc1n1c3ccccc3nc21.c1ccc2c(c1)Cc1ccc3c(c1-2)Cc1ccc2c4ccncc4n4c5ccccc5nc4c2c1-3. The number of rotatable bonds is 0. The maximum Gasteiger partial charge on any atom is 0.147 e. The normalized spacial score (nSPS) is 13.5. The predicted octanol–water partition coefficient (Wildman–Crippen LogP) is 29.3. The summed E-state index contributed by atoms with van der Waals surface area (Å²) in [6, 6.07) is 116. The van der Waals surface area contributed by atoms with Gasteiger partial charge in [-0.1, -0.05) is 200 Å². The minimum Gasteiger partial charge on any atom is -0.290 e. The second-order valence-electron chi connectivity index (χ2n) is 39.4. The van der Waals surface area contributed by atoms with Crippen molar-refractivity contribution in [1.82, 2.24) is 57.5 Å². The van der Waals surface area contributed by atoms with E-state index < -0.39 is 0 Å². The molecule has 28 aromatic rings. The van der Waals surface area contributed by atoms with Crippen LogP contribution in [0.15, 0.2) is 365 Å². The fourth-order valence-corrected chi connectivity index (χ4v) is 26.4. The molecule has 36 rings (SSSR count). The molecule has 8 aliphatic rings. The monoisotopic (exact) mass is 1780 g/mol. The summed E-state index contributed by atoms with van der Waals surface area (Å²) in [4.78, 5) is 38.5. The second kappa shape index (κ2) is 27.9. The van der Waals surface area contributed by atoms with Crippen LogP contribution in [-0.4, -0.2) is 57.5 Å². The van der Waals surface area contributed by atoms with Crippen molar-refractivity contribution in [3.05, 3.63) is 454 Å². The summed E-state index contributed by atoms with van der Waals surface area (Å²) in [6.45, 7) is 0. The third kappa shape index (κ3) is 10.3. The van der Waals surface area contributed by atoms with Gasteiger partial charge in [-0.05, 0) is 366 Å². The van der Waals surface area contributed by atoms with Gasteiger partial charge in [0.25, 0.3) is 0 Å². The number of hydrogen-bond acceptors (Lipinski definition) is 8. The standard InChI is InChI=1S/4C32H19N3/c1-2-6-21-18(5-1)15-19-9-12-24-25(29(19)21)16-20-10-11-23-22-13-14-33-17-28(22)35-27-8-4-3-7-26(27)34-32(35)31(23)30(20)24;1-2-6-22-18(5-1)11-19-12-20-13-21-14-27-23-9-10-33-17-31(23)35-30-8-4-3-7-29(30)34-32(35)28(27)16-26(21)25(20)15-24(19)22;1-2-6-22-18(5-1)13-20-16-26-21(15-25(20)22)14-19-9-10-24-23-11-12-33-17-29(23)35-28-8-4-3-7-27(28)34-32(35)31(24)30(19)26;1-2-6-22-18(5-1)13-19-9-10-20-14-21-15-25-23-11-12-33-17-29(23)35-28-8-4-3-7-27(28)34-32(35)26(25)16-24(21)31(20)30(19)22/h1-14,17H,15-16H2;1-10,12,14-17H,11,13H2;2*1-12,15-17H,13-14H2. The number of para-hydroxylation sites is 8. The van der Waals surface area contributed by atoms with Gasteiger partial charge in [-0.25, -0.2) is 19.9 Å². The highest BCUT2D eigenvalue weighted by Gasteiger charge is 2.36. The van der Waals surface area contributed by atoms with E-state index in [2.05, 4.69) is 353 Å². The molecule has 12 aromatic heterocycles. The van der Waals surface area contributed by atoms with Gasteiger partial charge in [0.15, 0.2) is 0 Å². The molecule has 0 spiro atoms. The van der Waals surface area contributed by atoms with Crippen LogP contribution in [0.5, 0.6) is 0 Å². The van der Waals surface area contributed by atoms with Gasteiger partial charge in [0.1, 0.15) is 22.6 Å². The van der Waals surface area contributed by atoms with Crippen LogP contribution in [0.25, 0.3) is 242 Å². The molecule has 0 saturated heterocycles. The van der Waals surface area contributed by atoms with Gasteiger partial charge >= 0.3 is 0 Å². The zero-order valence-electron chi connectivity index (χ0n) is 75.7. The molecular weight excluding hydrogens is 1710 g/mol. The molecule has 0 aliphatic heterocycles. The molecule has 0 saturated carbocycles. The molecule has 140 heavy (non-hydrogen) atoms. The lowest BCUT2D eigenvalue weighted by Gasteiger charge is -2.13. The Morgan fingerprint density at radius 1 is 0.164 bits per heavy atom. The van der Waals surface area contributed by atoms with E-state index in [4.69, 9.17) is 19.9 Å². The maximum atomic E-state index is 5.19. The van der Waals surface area contributed by atoms with Gasteiger partial charge in [0.05, 0.1) is 91.0 Å². The minimum atomic E-state index is 0.969. The number of pyridine rings is 8. The van der Waals surface area contributed by atoms with Crippen LogP contribution in [0.1, 0.15) is 89.0 Å². The van der Waals surface area contributed by atoms with Crippen LogP contribution < -0.4 is 0 Å². The Morgan fingerprint density at radius 2 is 0.471 bits per heavy atom. The van der Waals surface area contributed by atoms with Gasteiger partial charge in [-0.15, -0.1) is 0 Å². The Labute approximate surface area is 799 Å². The van der Waals surface area contributed by atoms with Crippen LogP contribution in [0, 0.1) is 0 Å². The summed E-state index contributed by atoms with van der Waals surface area (Å²) < 4.78 is 9.18. The first-order valence-electron chi connectivity index (χ1n) is 48.7. The van der Waals surface area contributed by atoms with Gasteiger partial charge in [-0.2, -0.15) is 0 Å². The van der Waals surface area contributed by atoms with E-state index in [9.17, 15) is 0 Å². The van der Waals surface area contributed by atoms with Gasteiger partial charge in [0.2, 0.25) is 0 Å². The highest BCUT2D eigenvalue weighted by Crippen LogP contribution is 2.57. The lowest BCUT2D eigenvalue weighted by molar-refractivity contribution is 1.21. The van der Waals surface area contributed by atoms with Crippen molar-refractivity contribution in [2.24, 2.45) is 0 Å². The predicted molar refractivity (Wildman–Crippen MR) is 568 cm³/mol. The fraction of sp³-hybridized carbons (Fsp3) is 0.0625. The molecule has 648 valence electrons. The highest BCUT2D eigenvalue weighted by atomic mass is 15.1. The van der Waals surface area contributed by atoms with Crippen molar-refractivity contribution in [2.45, 2.75) is 51.4 Å². The van der Waals surface area contributed by atoms with Crippen LogP contribution in [0.3, 0.4) is 0 Å². The van der Waals surface area contributed by atoms with Gasteiger partial charge in [0, 0.05) is 67.9 Å². The van der Waals surface area contributed by atoms with Gasteiger partial charge < -0.3 is 0 Å². The lowest BCUT2D eigenvalue weighted by Crippen LogP contribution is -1.94. The molecule has 0 radical (unpaired) electrons. The minimum absolute atomic E-state index is 0.969. The largest absolute Gasteiger partial charge is 0.290 e. The quantitative estimate of drug-likeness (QED) is 0.138. The zero-order chi connectivity index (χ0) is 90.7.